The Labute approximate surface area is 185 Å². The number of carbonyl (C=O) groups excluding carboxylic acids is 1. The van der Waals surface area contributed by atoms with Crippen molar-refractivity contribution in [2.45, 2.75) is 25.5 Å². The summed E-state index contributed by atoms with van der Waals surface area (Å²) in [6.45, 7) is 1.71. The number of carbonyl (C=O) groups is 1. The van der Waals surface area contributed by atoms with Gasteiger partial charge in [-0.3, -0.25) is 9.59 Å². The zero-order valence-electron chi connectivity index (χ0n) is 17.6. The Bertz CT molecular complexity index is 1240. The van der Waals surface area contributed by atoms with Crippen LogP contribution in [0.3, 0.4) is 0 Å². The third kappa shape index (κ3) is 4.07. The highest BCUT2D eigenvalue weighted by molar-refractivity contribution is 5.99. The van der Waals surface area contributed by atoms with Gasteiger partial charge in [0.15, 0.2) is 0 Å². The fourth-order valence-electron chi connectivity index (χ4n) is 4.06. The molecule has 0 radical (unpaired) electrons. The molecule has 162 valence electrons. The van der Waals surface area contributed by atoms with E-state index in [9.17, 15) is 9.59 Å². The predicted molar refractivity (Wildman–Crippen MR) is 121 cm³/mol. The summed E-state index contributed by atoms with van der Waals surface area (Å²) in [5.41, 5.74) is 2.67. The molecule has 1 saturated heterocycles. The first kappa shape index (κ1) is 20.2. The molecule has 1 fully saturated rings. The zero-order valence-corrected chi connectivity index (χ0v) is 17.6. The lowest BCUT2D eigenvalue weighted by molar-refractivity contribution is 0.0857. The maximum atomic E-state index is 13.2. The molecule has 0 bridgehead atoms. The monoisotopic (exact) mass is 428 g/mol. The van der Waals surface area contributed by atoms with Crippen LogP contribution in [0.1, 0.15) is 28.8 Å². The molecule has 2 aromatic rings. The van der Waals surface area contributed by atoms with Crippen LogP contribution in [0.15, 0.2) is 77.9 Å². The molecular weight excluding hydrogens is 404 g/mol. The van der Waals surface area contributed by atoms with E-state index in [-0.39, 0.29) is 17.6 Å². The summed E-state index contributed by atoms with van der Waals surface area (Å²) in [4.78, 5) is 26.4. The van der Waals surface area contributed by atoms with Gasteiger partial charge >= 0.3 is 0 Å². The molecule has 0 unspecified atom stereocenters. The van der Waals surface area contributed by atoms with Gasteiger partial charge in [-0.25, -0.2) is 0 Å². The van der Waals surface area contributed by atoms with E-state index in [0.717, 1.165) is 25.0 Å². The summed E-state index contributed by atoms with van der Waals surface area (Å²) in [6.07, 6.45) is 5.52. The van der Waals surface area contributed by atoms with E-state index in [1.165, 1.54) is 4.68 Å². The van der Waals surface area contributed by atoms with Crippen LogP contribution in [0.4, 0.5) is 0 Å². The minimum Gasteiger partial charge on any atom is -0.376 e. The zero-order chi connectivity index (χ0) is 21.9. The van der Waals surface area contributed by atoms with Crippen molar-refractivity contribution < 1.29 is 9.53 Å². The molecule has 5 rings (SSSR count). The van der Waals surface area contributed by atoms with Crippen molar-refractivity contribution in [3.63, 3.8) is 0 Å². The molecule has 0 aromatic heterocycles. The molecule has 32 heavy (non-hydrogen) atoms. The fraction of sp³-hybridized carbons (Fsp3) is 0.240. The Morgan fingerprint density at radius 2 is 1.81 bits per heavy atom. The van der Waals surface area contributed by atoms with Gasteiger partial charge in [0.2, 0.25) is 0 Å². The van der Waals surface area contributed by atoms with Gasteiger partial charge in [-0.1, -0.05) is 48.5 Å². The molecule has 1 amide bonds. The highest BCUT2D eigenvalue weighted by atomic mass is 16.5. The van der Waals surface area contributed by atoms with Crippen molar-refractivity contribution in [1.82, 2.24) is 19.7 Å². The van der Waals surface area contributed by atoms with Gasteiger partial charge in [0, 0.05) is 32.1 Å². The normalized spacial score (nSPS) is 15.8. The lowest BCUT2D eigenvalue weighted by atomic mass is 10.1. The number of amides is 1. The molecule has 1 N–H and O–H groups in total. The number of para-hydroxylation sites is 1. The van der Waals surface area contributed by atoms with E-state index >= 15 is 0 Å². The second-order valence-electron chi connectivity index (χ2n) is 7.99. The fourth-order valence-corrected chi connectivity index (χ4v) is 4.06. The van der Waals surface area contributed by atoms with Gasteiger partial charge in [-0.15, -0.1) is 0 Å². The molecule has 3 heterocycles. The highest BCUT2D eigenvalue weighted by Crippen LogP contribution is 2.23. The average molecular weight is 428 g/mol. The van der Waals surface area contributed by atoms with Crippen molar-refractivity contribution in [1.29, 1.82) is 0 Å². The Morgan fingerprint density at radius 3 is 2.53 bits per heavy atom. The third-order valence-electron chi connectivity index (χ3n) is 5.69. The molecule has 1 atom stereocenters. The summed E-state index contributed by atoms with van der Waals surface area (Å²) in [6, 6.07) is 19.2. The van der Waals surface area contributed by atoms with Crippen molar-refractivity contribution in [2.75, 3.05) is 13.2 Å². The van der Waals surface area contributed by atoms with Gasteiger partial charge < -0.3 is 14.6 Å². The van der Waals surface area contributed by atoms with Crippen molar-refractivity contribution >= 4 is 5.91 Å². The second kappa shape index (κ2) is 8.80. The van der Waals surface area contributed by atoms with Crippen LogP contribution in [-0.2, 0) is 11.3 Å². The van der Waals surface area contributed by atoms with E-state index in [1.54, 1.807) is 12.4 Å². The third-order valence-corrected chi connectivity index (χ3v) is 5.69. The number of fused-ring (bicyclic) bond motifs is 1. The largest absolute Gasteiger partial charge is 0.376 e. The summed E-state index contributed by atoms with van der Waals surface area (Å²) in [7, 11) is 0. The van der Waals surface area contributed by atoms with Crippen LogP contribution >= 0.6 is 0 Å². The first-order chi connectivity index (χ1) is 15.7. The number of hydrogen-bond donors (Lipinski definition) is 1. The molecule has 3 aliphatic rings. The number of nitrogens with one attached hydrogen (secondary N) is 1. The number of pyridine rings is 1. The van der Waals surface area contributed by atoms with Crippen LogP contribution in [0, 0.1) is 0 Å². The number of ether oxygens (including phenoxy) is 1. The Morgan fingerprint density at radius 1 is 1.06 bits per heavy atom. The minimum atomic E-state index is -0.259. The topological polar surface area (TPSA) is 78.1 Å². The van der Waals surface area contributed by atoms with Gasteiger partial charge in [-0.05, 0) is 30.5 Å². The summed E-state index contributed by atoms with van der Waals surface area (Å²) in [5.74, 6) is -0.259. The Kier molecular flexibility index (Phi) is 5.56. The quantitative estimate of drug-likeness (QED) is 0.512. The summed E-state index contributed by atoms with van der Waals surface area (Å²) >= 11 is 0. The van der Waals surface area contributed by atoms with Crippen LogP contribution in [0.5, 0.6) is 0 Å². The molecule has 2 aromatic carbocycles. The van der Waals surface area contributed by atoms with Crippen LogP contribution in [-0.4, -0.2) is 39.5 Å². The predicted octanol–water partition coefficient (Wildman–Crippen LogP) is 3.10. The lowest BCUT2D eigenvalue weighted by Gasteiger charge is -2.14. The van der Waals surface area contributed by atoms with E-state index in [4.69, 9.17) is 4.74 Å². The Hall–Kier alpha value is -3.71. The molecule has 7 nitrogen and oxygen atoms in total. The maximum absolute atomic E-state index is 13.2. The number of aromatic nitrogens is 3. The molecule has 3 aliphatic heterocycles. The SMILES string of the molecule is O=C(NC[C@@H]1CCCO1)c1cn(Cc2ccccc2)cc2c(=O)n(-c3ccccc3)nc1-2. The maximum Gasteiger partial charge on any atom is 0.282 e. The average Bonchev–Trinajstić information content (AvgIpc) is 3.47. The molecular formula is C25H24N4O3. The molecule has 0 spiro atoms. The van der Waals surface area contributed by atoms with Gasteiger partial charge in [0.25, 0.3) is 11.5 Å². The summed E-state index contributed by atoms with van der Waals surface area (Å²) in [5, 5.41) is 7.49. The number of rotatable bonds is 6. The van der Waals surface area contributed by atoms with E-state index in [0.29, 0.717) is 35.6 Å². The first-order valence-electron chi connectivity index (χ1n) is 10.8. The molecule has 7 heteroatoms. The van der Waals surface area contributed by atoms with Crippen molar-refractivity contribution in [3.8, 4) is 16.9 Å². The second-order valence-corrected chi connectivity index (χ2v) is 7.99. The van der Waals surface area contributed by atoms with E-state index in [1.807, 2.05) is 65.2 Å². The van der Waals surface area contributed by atoms with Gasteiger partial charge in [-0.2, -0.15) is 9.78 Å². The van der Waals surface area contributed by atoms with E-state index in [2.05, 4.69) is 10.4 Å². The smallest absolute Gasteiger partial charge is 0.282 e. The van der Waals surface area contributed by atoms with Gasteiger partial charge in [0.05, 0.1) is 22.9 Å². The Balaban J connectivity index is 1.55. The van der Waals surface area contributed by atoms with Crippen molar-refractivity contribution in [2.24, 2.45) is 0 Å². The summed E-state index contributed by atoms with van der Waals surface area (Å²) < 4.78 is 8.85. The minimum absolute atomic E-state index is 0.0338. The number of benzene rings is 2. The van der Waals surface area contributed by atoms with Crippen LogP contribution in [0.25, 0.3) is 16.9 Å². The number of hydrogen-bond acceptors (Lipinski definition) is 4. The van der Waals surface area contributed by atoms with Gasteiger partial charge in [0.1, 0.15) is 5.69 Å². The van der Waals surface area contributed by atoms with Crippen LogP contribution in [0.2, 0.25) is 0 Å². The molecule has 0 aliphatic carbocycles. The first-order valence-corrected chi connectivity index (χ1v) is 10.8. The molecule has 0 saturated carbocycles. The standard InChI is InChI=1S/C25H24N4O3/c30-24(26-14-20-12-7-13-32-20)21-16-28(15-18-8-3-1-4-9-18)17-22-23(21)27-29(25(22)31)19-10-5-2-6-11-19/h1-6,8-11,16-17,20H,7,12-15H2,(H,26,30)/t20-/m0/s1. The highest BCUT2D eigenvalue weighted by Gasteiger charge is 2.25. The van der Waals surface area contributed by atoms with Crippen molar-refractivity contribution in [3.05, 3.63) is 94.5 Å². The number of nitrogens with zero attached hydrogens (tertiary/aromatic N) is 3. The van der Waals surface area contributed by atoms with E-state index < -0.39 is 0 Å². The van der Waals surface area contributed by atoms with Crippen LogP contribution < -0.4 is 10.9 Å². The lowest BCUT2D eigenvalue weighted by Crippen LogP contribution is -2.32.